The van der Waals surface area contributed by atoms with Gasteiger partial charge in [-0.25, -0.2) is 0 Å². The van der Waals surface area contributed by atoms with Gasteiger partial charge in [0.2, 0.25) is 5.91 Å². The van der Waals surface area contributed by atoms with Crippen molar-refractivity contribution >= 4 is 29.0 Å². The van der Waals surface area contributed by atoms with E-state index in [1.807, 2.05) is 30.8 Å². The second-order valence-electron chi connectivity index (χ2n) is 4.91. The van der Waals surface area contributed by atoms with Crippen molar-refractivity contribution in [1.82, 2.24) is 0 Å². The van der Waals surface area contributed by atoms with Gasteiger partial charge in [-0.3, -0.25) is 4.79 Å². The molecule has 1 aromatic carbocycles. The summed E-state index contributed by atoms with van der Waals surface area (Å²) in [5.74, 6) is 2.54. The zero-order valence-electron chi connectivity index (χ0n) is 11.7. The summed E-state index contributed by atoms with van der Waals surface area (Å²) in [5, 5.41) is 6.57. The molecule has 0 aliphatic carbocycles. The lowest BCUT2D eigenvalue weighted by molar-refractivity contribution is -0.115. The third-order valence-corrected chi connectivity index (χ3v) is 4.56. The topological polar surface area (TPSA) is 41.1 Å². The van der Waals surface area contributed by atoms with Crippen LogP contribution < -0.4 is 10.6 Å². The Labute approximate surface area is 119 Å². The molecule has 1 fully saturated rings. The van der Waals surface area contributed by atoms with Crippen molar-refractivity contribution in [2.24, 2.45) is 0 Å². The first-order chi connectivity index (χ1) is 9.20. The number of hydrogen-bond donors (Lipinski definition) is 2. The standard InChI is InChI=1S/C15H22N2OS/c1-3-15(18)17-14-6-4-5-13(11(14)2)16-12-7-9-19-10-8-12/h4-6,12,16H,3,7-10H2,1-2H3,(H,17,18). The van der Waals surface area contributed by atoms with Gasteiger partial charge in [-0.2, -0.15) is 11.8 Å². The smallest absolute Gasteiger partial charge is 0.224 e. The second kappa shape index (κ2) is 6.85. The molecule has 1 amide bonds. The van der Waals surface area contributed by atoms with Crippen LogP contribution >= 0.6 is 11.8 Å². The van der Waals surface area contributed by atoms with Gasteiger partial charge < -0.3 is 10.6 Å². The van der Waals surface area contributed by atoms with Gasteiger partial charge in [-0.1, -0.05) is 13.0 Å². The Bertz CT molecular complexity index is 442. The van der Waals surface area contributed by atoms with Gasteiger partial charge in [0.05, 0.1) is 0 Å². The van der Waals surface area contributed by atoms with Crippen molar-refractivity contribution in [3.05, 3.63) is 23.8 Å². The molecule has 0 atom stereocenters. The van der Waals surface area contributed by atoms with E-state index in [9.17, 15) is 4.79 Å². The second-order valence-corrected chi connectivity index (χ2v) is 6.14. The van der Waals surface area contributed by atoms with Gasteiger partial charge in [0, 0.05) is 23.8 Å². The summed E-state index contributed by atoms with van der Waals surface area (Å²) >= 11 is 2.03. The van der Waals surface area contributed by atoms with E-state index in [1.165, 1.54) is 24.3 Å². The summed E-state index contributed by atoms with van der Waals surface area (Å²) in [6, 6.07) is 6.62. The van der Waals surface area contributed by atoms with Crippen molar-refractivity contribution in [2.45, 2.75) is 39.2 Å². The molecule has 0 saturated carbocycles. The molecule has 0 aromatic heterocycles. The maximum atomic E-state index is 11.5. The van der Waals surface area contributed by atoms with Crippen molar-refractivity contribution in [3.8, 4) is 0 Å². The Morgan fingerprint density at radius 2 is 2.00 bits per heavy atom. The number of rotatable bonds is 4. The molecule has 0 spiro atoms. The normalized spacial score (nSPS) is 16.1. The average molecular weight is 278 g/mol. The van der Waals surface area contributed by atoms with Gasteiger partial charge in [0.25, 0.3) is 0 Å². The van der Waals surface area contributed by atoms with Gasteiger partial charge in [0.15, 0.2) is 0 Å². The van der Waals surface area contributed by atoms with Crippen LogP contribution in [0.1, 0.15) is 31.7 Å². The molecule has 1 aliphatic rings. The average Bonchev–Trinajstić information content (AvgIpc) is 2.44. The summed E-state index contributed by atoms with van der Waals surface area (Å²) in [6.07, 6.45) is 2.95. The van der Waals surface area contributed by atoms with Crippen LogP contribution in [0.2, 0.25) is 0 Å². The van der Waals surface area contributed by atoms with Gasteiger partial charge in [0.1, 0.15) is 0 Å². The summed E-state index contributed by atoms with van der Waals surface area (Å²) in [5.41, 5.74) is 3.19. The van der Waals surface area contributed by atoms with Gasteiger partial charge in [-0.05, 0) is 49.0 Å². The minimum absolute atomic E-state index is 0.0642. The molecule has 1 heterocycles. The first-order valence-electron chi connectivity index (χ1n) is 6.94. The fraction of sp³-hybridized carbons (Fsp3) is 0.533. The zero-order chi connectivity index (χ0) is 13.7. The molecule has 2 rings (SSSR count). The van der Waals surface area contributed by atoms with Crippen molar-refractivity contribution in [1.29, 1.82) is 0 Å². The van der Waals surface area contributed by atoms with E-state index in [1.54, 1.807) is 0 Å². The lowest BCUT2D eigenvalue weighted by Crippen LogP contribution is -2.25. The molecule has 0 unspecified atom stereocenters. The fourth-order valence-electron chi connectivity index (χ4n) is 2.23. The third kappa shape index (κ3) is 3.90. The predicted octanol–water partition coefficient (Wildman–Crippen LogP) is 3.65. The number of carbonyl (C=O) groups excluding carboxylic acids is 1. The van der Waals surface area contributed by atoms with Gasteiger partial charge >= 0.3 is 0 Å². The summed E-state index contributed by atoms with van der Waals surface area (Å²) < 4.78 is 0. The number of hydrogen-bond acceptors (Lipinski definition) is 3. The largest absolute Gasteiger partial charge is 0.382 e. The number of anilines is 2. The molecule has 19 heavy (non-hydrogen) atoms. The Morgan fingerprint density at radius 1 is 1.32 bits per heavy atom. The molecule has 0 bridgehead atoms. The van der Waals surface area contributed by atoms with Crippen molar-refractivity contribution in [3.63, 3.8) is 0 Å². The van der Waals surface area contributed by atoms with Crippen molar-refractivity contribution in [2.75, 3.05) is 22.1 Å². The molecule has 1 saturated heterocycles. The summed E-state index contributed by atoms with van der Waals surface area (Å²) in [7, 11) is 0. The molecular weight excluding hydrogens is 256 g/mol. The summed E-state index contributed by atoms with van der Waals surface area (Å²) in [6.45, 7) is 3.93. The van der Waals surface area contributed by atoms with Crippen LogP contribution in [0.4, 0.5) is 11.4 Å². The van der Waals surface area contributed by atoms with Crippen LogP contribution in [0.25, 0.3) is 0 Å². The molecule has 4 heteroatoms. The monoisotopic (exact) mass is 278 g/mol. The molecule has 0 radical (unpaired) electrons. The van der Waals surface area contributed by atoms with Crippen LogP contribution in [-0.2, 0) is 4.79 Å². The molecular formula is C15H22N2OS. The van der Waals surface area contributed by atoms with Crippen LogP contribution in [0, 0.1) is 6.92 Å². The van der Waals surface area contributed by atoms with Crippen LogP contribution in [0.15, 0.2) is 18.2 Å². The quantitative estimate of drug-likeness (QED) is 0.883. The van der Waals surface area contributed by atoms with E-state index in [0.29, 0.717) is 12.5 Å². The lowest BCUT2D eigenvalue weighted by Gasteiger charge is -2.25. The first kappa shape index (κ1) is 14.3. The highest BCUT2D eigenvalue weighted by atomic mass is 32.2. The molecule has 1 aromatic rings. The first-order valence-corrected chi connectivity index (χ1v) is 8.10. The van der Waals surface area contributed by atoms with E-state index in [-0.39, 0.29) is 5.91 Å². The highest BCUT2D eigenvalue weighted by Gasteiger charge is 2.15. The van der Waals surface area contributed by atoms with E-state index >= 15 is 0 Å². The minimum atomic E-state index is 0.0642. The van der Waals surface area contributed by atoms with E-state index in [2.05, 4.69) is 23.6 Å². The highest BCUT2D eigenvalue weighted by molar-refractivity contribution is 7.99. The number of thioether (sulfide) groups is 1. The SMILES string of the molecule is CCC(=O)Nc1cccc(NC2CCSCC2)c1C. The number of nitrogens with one attached hydrogen (secondary N) is 2. The Kier molecular flexibility index (Phi) is 5.14. The maximum absolute atomic E-state index is 11.5. The third-order valence-electron chi connectivity index (χ3n) is 3.51. The van der Waals surface area contributed by atoms with Crippen LogP contribution in [-0.4, -0.2) is 23.5 Å². The van der Waals surface area contributed by atoms with Crippen molar-refractivity contribution < 1.29 is 4.79 Å². The predicted molar refractivity (Wildman–Crippen MR) is 84.1 cm³/mol. The molecule has 104 valence electrons. The molecule has 1 aliphatic heterocycles. The number of benzene rings is 1. The van der Waals surface area contributed by atoms with Crippen LogP contribution in [0.3, 0.4) is 0 Å². The Morgan fingerprint density at radius 3 is 2.68 bits per heavy atom. The van der Waals surface area contributed by atoms with Gasteiger partial charge in [-0.15, -0.1) is 0 Å². The lowest BCUT2D eigenvalue weighted by atomic mass is 10.1. The summed E-state index contributed by atoms with van der Waals surface area (Å²) in [4.78, 5) is 11.5. The van der Waals surface area contributed by atoms with E-state index in [0.717, 1.165) is 16.9 Å². The van der Waals surface area contributed by atoms with E-state index in [4.69, 9.17) is 0 Å². The molecule has 3 nitrogen and oxygen atoms in total. The van der Waals surface area contributed by atoms with E-state index < -0.39 is 0 Å². The number of amides is 1. The zero-order valence-corrected chi connectivity index (χ0v) is 12.5. The minimum Gasteiger partial charge on any atom is -0.382 e. The fourth-order valence-corrected chi connectivity index (χ4v) is 3.33. The number of carbonyl (C=O) groups is 1. The highest BCUT2D eigenvalue weighted by Crippen LogP contribution is 2.27. The Balaban J connectivity index is 2.07. The molecule has 2 N–H and O–H groups in total. The maximum Gasteiger partial charge on any atom is 0.224 e. The Hall–Kier alpha value is -1.16. The van der Waals surface area contributed by atoms with Crippen LogP contribution in [0.5, 0.6) is 0 Å².